The summed E-state index contributed by atoms with van der Waals surface area (Å²) in [5.41, 5.74) is 0.837. The molecule has 0 atom stereocenters. The van der Waals surface area contributed by atoms with Gasteiger partial charge in [0.2, 0.25) is 0 Å². The lowest BCUT2D eigenvalue weighted by atomic mass is 10.2. The summed E-state index contributed by atoms with van der Waals surface area (Å²) in [6, 6.07) is 0. The molecule has 1 aromatic heterocycles. The topological polar surface area (TPSA) is 72.0 Å². The van der Waals surface area contributed by atoms with Crippen molar-refractivity contribution in [2.24, 2.45) is 0 Å². The average Bonchev–Trinajstić information content (AvgIpc) is 2.54. The molecule has 0 aliphatic heterocycles. The van der Waals surface area contributed by atoms with Gasteiger partial charge in [-0.25, -0.2) is 8.42 Å². The Hall–Kier alpha value is -0.530. The maximum Gasteiger partial charge on any atom is 0.153 e. The van der Waals surface area contributed by atoms with Crippen LogP contribution in [0.1, 0.15) is 19.5 Å². The summed E-state index contributed by atoms with van der Waals surface area (Å²) in [7, 11) is -3.04. The van der Waals surface area contributed by atoms with E-state index in [9.17, 15) is 8.42 Å². The lowest BCUT2D eigenvalue weighted by Crippen LogP contribution is -2.41. The molecular formula is C8H15N3O2S2. The summed E-state index contributed by atoms with van der Waals surface area (Å²) >= 11 is 1.28. The fourth-order valence-electron chi connectivity index (χ4n) is 0.884. The summed E-state index contributed by atoms with van der Waals surface area (Å²) in [5, 5.41) is 8.75. The fraction of sp³-hybridized carbons (Fsp3) is 0.750. The fourth-order valence-corrected chi connectivity index (χ4v) is 1.70. The van der Waals surface area contributed by atoms with Crippen LogP contribution in [0.2, 0.25) is 0 Å². The third-order valence-corrected chi connectivity index (χ3v) is 4.97. The first-order valence-electron chi connectivity index (χ1n) is 4.49. The van der Waals surface area contributed by atoms with Crippen LogP contribution < -0.4 is 5.32 Å². The highest BCUT2D eigenvalue weighted by molar-refractivity contribution is 7.92. The van der Waals surface area contributed by atoms with Gasteiger partial charge in [-0.15, -0.1) is 5.10 Å². The van der Waals surface area contributed by atoms with E-state index < -0.39 is 14.6 Å². The molecule has 0 fully saturated rings. The molecule has 1 aromatic rings. The lowest BCUT2D eigenvalue weighted by Gasteiger charge is -2.22. The Morgan fingerprint density at radius 1 is 1.53 bits per heavy atom. The zero-order chi connectivity index (χ0) is 11.5. The van der Waals surface area contributed by atoms with Gasteiger partial charge in [0.1, 0.15) is 0 Å². The predicted molar refractivity (Wildman–Crippen MR) is 60.5 cm³/mol. The summed E-state index contributed by atoms with van der Waals surface area (Å²) in [6.45, 7) is 4.36. The van der Waals surface area contributed by atoms with Gasteiger partial charge in [0.15, 0.2) is 9.84 Å². The maximum absolute atomic E-state index is 11.4. The second-order valence-electron chi connectivity index (χ2n) is 4.03. The van der Waals surface area contributed by atoms with Crippen molar-refractivity contribution in [3.05, 3.63) is 11.1 Å². The van der Waals surface area contributed by atoms with E-state index in [0.29, 0.717) is 13.1 Å². The smallest absolute Gasteiger partial charge is 0.153 e. The van der Waals surface area contributed by atoms with Crippen molar-refractivity contribution >= 4 is 21.4 Å². The zero-order valence-electron chi connectivity index (χ0n) is 9.02. The molecule has 0 saturated heterocycles. The van der Waals surface area contributed by atoms with Crippen molar-refractivity contribution < 1.29 is 8.42 Å². The largest absolute Gasteiger partial charge is 0.310 e. The lowest BCUT2D eigenvalue weighted by molar-refractivity contribution is 0.519. The second-order valence-corrected chi connectivity index (χ2v) is 7.29. The van der Waals surface area contributed by atoms with Crippen LogP contribution >= 0.6 is 11.5 Å². The van der Waals surface area contributed by atoms with Gasteiger partial charge in [-0.3, -0.25) is 0 Å². The van der Waals surface area contributed by atoms with Gasteiger partial charge in [0.05, 0.1) is 10.4 Å². The standard InChI is InChI=1S/C8H15N3O2S2/c1-8(2,15(3,12)13)6-9-4-7-5-14-11-10-7/h5,9H,4,6H2,1-3H3. The van der Waals surface area contributed by atoms with E-state index in [0.717, 1.165) is 5.69 Å². The molecule has 0 aliphatic rings. The molecule has 0 unspecified atom stereocenters. The number of hydrogen-bond donors (Lipinski definition) is 1. The van der Waals surface area contributed by atoms with Gasteiger partial charge < -0.3 is 5.32 Å². The van der Waals surface area contributed by atoms with Gasteiger partial charge in [-0.05, 0) is 25.4 Å². The van der Waals surface area contributed by atoms with Crippen LogP contribution in [0.25, 0.3) is 0 Å². The number of sulfone groups is 1. The summed E-state index contributed by atoms with van der Waals surface area (Å²) < 4.78 is 25.7. The molecule has 0 bridgehead atoms. The average molecular weight is 249 g/mol. The molecule has 86 valence electrons. The third kappa shape index (κ3) is 3.51. The van der Waals surface area contributed by atoms with E-state index in [1.54, 1.807) is 13.8 Å². The molecule has 7 heteroatoms. The van der Waals surface area contributed by atoms with E-state index in [1.807, 2.05) is 5.38 Å². The second kappa shape index (κ2) is 4.54. The van der Waals surface area contributed by atoms with E-state index in [4.69, 9.17) is 0 Å². The third-order valence-electron chi connectivity index (χ3n) is 2.27. The number of rotatable bonds is 5. The van der Waals surface area contributed by atoms with E-state index >= 15 is 0 Å². The van der Waals surface area contributed by atoms with Crippen molar-refractivity contribution in [2.75, 3.05) is 12.8 Å². The Bertz CT molecular complexity index is 398. The Labute approximate surface area is 94.0 Å². The van der Waals surface area contributed by atoms with Crippen LogP contribution in [0, 0.1) is 0 Å². The van der Waals surface area contributed by atoms with Crippen LogP contribution in [0.15, 0.2) is 5.38 Å². The summed E-state index contributed by atoms with van der Waals surface area (Å²) in [5.74, 6) is 0. The van der Waals surface area contributed by atoms with Crippen LogP contribution in [-0.2, 0) is 16.4 Å². The quantitative estimate of drug-likeness (QED) is 0.820. The van der Waals surface area contributed by atoms with Crippen molar-refractivity contribution in [1.82, 2.24) is 14.9 Å². The van der Waals surface area contributed by atoms with Crippen molar-refractivity contribution in [2.45, 2.75) is 25.1 Å². The molecule has 0 saturated carbocycles. The number of nitrogens with one attached hydrogen (secondary N) is 1. The molecular weight excluding hydrogens is 234 g/mol. The van der Waals surface area contributed by atoms with Crippen LogP contribution in [0.3, 0.4) is 0 Å². The Morgan fingerprint density at radius 3 is 2.67 bits per heavy atom. The minimum absolute atomic E-state index is 0.406. The van der Waals surface area contributed by atoms with Crippen LogP contribution in [0.4, 0.5) is 0 Å². The molecule has 0 amide bonds. The molecule has 1 heterocycles. The van der Waals surface area contributed by atoms with Gasteiger partial charge in [0, 0.05) is 24.7 Å². The number of nitrogens with zero attached hydrogens (tertiary/aromatic N) is 2. The van der Waals surface area contributed by atoms with E-state index in [-0.39, 0.29) is 0 Å². The van der Waals surface area contributed by atoms with Crippen LogP contribution in [0.5, 0.6) is 0 Å². The highest BCUT2D eigenvalue weighted by Gasteiger charge is 2.29. The highest BCUT2D eigenvalue weighted by atomic mass is 32.2. The minimum Gasteiger partial charge on any atom is -0.310 e. The zero-order valence-corrected chi connectivity index (χ0v) is 10.7. The molecule has 0 spiro atoms. The molecule has 0 aromatic carbocycles. The van der Waals surface area contributed by atoms with Gasteiger partial charge in [-0.1, -0.05) is 4.49 Å². The van der Waals surface area contributed by atoms with E-state index in [1.165, 1.54) is 17.8 Å². The Morgan fingerprint density at radius 2 is 2.20 bits per heavy atom. The maximum atomic E-state index is 11.4. The van der Waals surface area contributed by atoms with E-state index in [2.05, 4.69) is 14.9 Å². The number of aromatic nitrogens is 2. The first kappa shape index (κ1) is 12.5. The monoisotopic (exact) mass is 249 g/mol. The van der Waals surface area contributed by atoms with Gasteiger partial charge in [-0.2, -0.15) is 0 Å². The molecule has 1 rings (SSSR count). The summed E-state index contributed by atoms with van der Waals surface area (Å²) in [4.78, 5) is 0. The first-order chi connectivity index (χ1) is 6.83. The van der Waals surface area contributed by atoms with Gasteiger partial charge >= 0.3 is 0 Å². The Balaban J connectivity index is 2.44. The molecule has 1 N–H and O–H groups in total. The normalized spacial score (nSPS) is 13.0. The first-order valence-corrected chi connectivity index (χ1v) is 7.22. The molecule has 15 heavy (non-hydrogen) atoms. The predicted octanol–water partition coefficient (Wildman–Crippen LogP) is 0.451. The molecule has 0 radical (unpaired) electrons. The summed E-state index contributed by atoms with van der Waals surface area (Å²) in [6.07, 6.45) is 1.25. The Kier molecular flexibility index (Phi) is 3.80. The van der Waals surface area contributed by atoms with Crippen molar-refractivity contribution in [1.29, 1.82) is 0 Å². The molecule has 5 nitrogen and oxygen atoms in total. The molecule has 0 aliphatic carbocycles. The van der Waals surface area contributed by atoms with Crippen LogP contribution in [-0.4, -0.2) is 35.6 Å². The minimum atomic E-state index is -3.04. The SMILES string of the molecule is CC(C)(CNCc1csnn1)S(C)(=O)=O. The number of hydrogen-bond acceptors (Lipinski definition) is 6. The van der Waals surface area contributed by atoms with Crippen molar-refractivity contribution in [3.8, 4) is 0 Å². The van der Waals surface area contributed by atoms with Crippen molar-refractivity contribution in [3.63, 3.8) is 0 Å². The highest BCUT2D eigenvalue weighted by Crippen LogP contribution is 2.13. The van der Waals surface area contributed by atoms with Gasteiger partial charge in [0.25, 0.3) is 0 Å².